The lowest BCUT2D eigenvalue weighted by Gasteiger charge is -2.15. The summed E-state index contributed by atoms with van der Waals surface area (Å²) in [5.74, 6) is -1.10. The van der Waals surface area contributed by atoms with Crippen LogP contribution in [0.25, 0.3) is 11.3 Å². The fraction of sp³-hybridized carbons (Fsp3) is 0.333. The number of ether oxygens (including phenoxy) is 1. The average Bonchev–Trinajstić information content (AvgIpc) is 3.65. The number of carbonyl (C=O) groups is 3. The van der Waals surface area contributed by atoms with Crippen LogP contribution in [0.5, 0.6) is 0 Å². The molecule has 1 fully saturated rings. The fourth-order valence-electron chi connectivity index (χ4n) is 3.97. The van der Waals surface area contributed by atoms with E-state index in [4.69, 9.17) is 4.74 Å². The maximum absolute atomic E-state index is 12.7. The monoisotopic (exact) mass is 490 g/mol. The predicted molar refractivity (Wildman–Crippen MR) is 135 cm³/mol. The average molecular weight is 491 g/mol. The van der Waals surface area contributed by atoms with Crippen molar-refractivity contribution in [3.8, 4) is 11.3 Å². The Morgan fingerprint density at radius 1 is 1.11 bits per heavy atom. The van der Waals surface area contributed by atoms with Crippen LogP contribution in [0.2, 0.25) is 0 Å². The van der Waals surface area contributed by atoms with Crippen LogP contribution in [0.15, 0.2) is 54.6 Å². The zero-order chi connectivity index (χ0) is 25.8. The summed E-state index contributed by atoms with van der Waals surface area (Å²) in [6, 6.07) is 15.2. The molecule has 2 unspecified atom stereocenters. The Hall–Kier alpha value is -4.14. The number of benzene rings is 2. The van der Waals surface area contributed by atoms with Gasteiger partial charge in [0.1, 0.15) is 17.8 Å². The third kappa shape index (κ3) is 5.91. The highest BCUT2D eigenvalue weighted by Gasteiger charge is 2.30. The molecule has 1 aliphatic rings. The predicted octanol–water partition coefficient (Wildman–Crippen LogP) is 4.69. The zero-order valence-corrected chi connectivity index (χ0v) is 20.5. The molecule has 0 bridgehead atoms. The van der Waals surface area contributed by atoms with Crippen LogP contribution in [-0.4, -0.2) is 38.9 Å². The van der Waals surface area contributed by atoms with E-state index in [-0.39, 0.29) is 0 Å². The van der Waals surface area contributed by atoms with Crippen LogP contribution in [0.3, 0.4) is 0 Å². The van der Waals surface area contributed by atoms with Gasteiger partial charge < -0.3 is 15.2 Å². The highest BCUT2D eigenvalue weighted by molar-refractivity contribution is 5.97. The van der Waals surface area contributed by atoms with Crippen LogP contribution < -0.4 is 10.6 Å². The lowest BCUT2D eigenvalue weighted by Crippen LogP contribution is -2.41. The van der Waals surface area contributed by atoms with Crippen LogP contribution in [0.1, 0.15) is 53.9 Å². The third-order valence-electron chi connectivity index (χ3n) is 6.40. The number of carboxylic acid groups (broad SMARTS) is 1. The summed E-state index contributed by atoms with van der Waals surface area (Å²) in [5.41, 5.74) is 3.69. The second-order valence-corrected chi connectivity index (χ2v) is 9.14. The minimum atomic E-state index is -1.03. The molecule has 1 heterocycles. The summed E-state index contributed by atoms with van der Waals surface area (Å²) in [6.45, 7) is 3.63. The Morgan fingerprint density at radius 2 is 1.78 bits per heavy atom. The van der Waals surface area contributed by atoms with Crippen molar-refractivity contribution in [3.05, 3.63) is 71.4 Å². The number of hydrogen-bond acceptors (Lipinski definition) is 5. The molecule has 9 nitrogen and oxygen atoms in total. The number of anilines is 1. The number of amides is 2. The van der Waals surface area contributed by atoms with E-state index in [9.17, 15) is 19.5 Å². The first-order valence-corrected chi connectivity index (χ1v) is 11.9. The lowest BCUT2D eigenvalue weighted by atomic mass is 10.1. The SMILES string of the molecule is Cc1c(NC(=O)OC(C)c2ccccc2)c(-c2ccc(C(=O)NC(CC3CC3)C(=O)O)cc2)nn1C. The lowest BCUT2D eigenvalue weighted by molar-refractivity contribution is -0.139. The smallest absolute Gasteiger partial charge is 0.412 e. The highest BCUT2D eigenvalue weighted by atomic mass is 16.6. The van der Waals surface area contributed by atoms with Crippen LogP contribution in [-0.2, 0) is 16.6 Å². The topological polar surface area (TPSA) is 123 Å². The molecule has 0 spiro atoms. The largest absolute Gasteiger partial charge is 0.480 e. The van der Waals surface area contributed by atoms with Gasteiger partial charge in [0.15, 0.2) is 0 Å². The Balaban J connectivity index is 1.46. The number of hydrogen-bond donors (Lipinski definition) is 3. The van der Waals surface area contributed by atoms with E-state index >= 15 is 0 Å². The molecule has 2 aromatic carbocycles. The van der Waals surface area contributed by atoms with Gasteiger partial charge in [0.2, 0.25) is 0 Å². The Kier molecular flexibility index (Phi) is 7.38. The van der Waals surface area contributed by atoms with Gasteiger partial charge in [-0.3, -0.25) is 14.8 Å². The maximum atomic E-state index is 12.7. The van der Waals surface area contributed by atoms with E-state index < -0.39 is 30.1 Å². The summed E-state index contributed by atoms with van der Waals surface area (Å²) in [4.78, 5) is 36.8. The van der Waals surface area contributed by atoms with Crippen molar-refractivity contribution in [1.82, 2.24) is 15.1 Å². The van der Waals surface area contributed by atoms with Crippen molar-refractivity contribution in [3.63, 3.8) is 0 Å². The number of nitrogens with one attached hydrogen (secondary N) is 2. The summed E-state index contributed by atoms with van der Waals surface area (Å²) in [6.07, 6.45) is 1.43. The molecule has 188 valence electrons. The molecule has 9 heteroatoms. The first-order valence-electron chi connectivity index (χ1n) is 11.9. The molecule has 4 rings (SSSR count). The van der Waals surface area contributed by atoms with Crippen molar-refractivity contribution in [1.29, 1.82) is 0 Å². The number of carboxylic acids is 1. The number of aryl methyl sites for hydroxylation is 1. The van der Waals surface area contributed by atoms with E-state index in [1.54, 1.807) is 42.9 Å². The molecule has 1 aliphatic carbocycles. The third-order valence-corrected chi connectivity index (χ3v) is 6.40. The molecular weight excluding hydrogens is 460 g/mol. The Bertz CT molecular complexity index is 1250. The van der Waals surface area contributed by atoms with Gasteiger partial charge in [-0.1, -0.05) is 55.3 Å². The van der Waals surface area contributed by atoms with Gasteiger partial charge in [0.25, 0.3) is 5.91 Å². The summed E-state index contributed by atoms with van der Waals surface area (Å²) >= 11 is 0. The quantitative estimate of drug-likeness (QED) is 0.400. The van der Waals surface area contributed by atoms with Crippen molar-refractivity contribution < 1.29 is 24.2 Å². The summed E-state index contributed by atoms with van der Waals surface area (Å²) in [7, 11) is 1.77. The number of rotatable bonds is 9. The van der Waals surface area contributed by atoms with E-state index in [1.165, 1.54) is 0 Å². The molecular formula is C27H30N4O5. The molecule has 2 amide bonds. The van der Waals surface area contributed by atoms with Gasteiger partial charge in [-0.2, -0.15) is 5.10 Å². The summed E-state index contributed by atoms with van der Waals surface area (Å²) < 4.78 is 7.20. The maximum Gasteiger partial charge on any atom is 0.412 e. The van der Waals surface area contributed by atoms with Gasteiger partial charge >= 0.3 is 12.1 Å². The van der Waals surface area contributed by atoms with Crippen molar-refractivity contribution in [2.75, 3.05) is 5.32 Å². The van der Waals surface area contributed by atoms with E-state index in [0.717, 1.165) is 24.1 Å². The first-order chi connectivity index (χ1) is 17.2. The van der Waals surface area contributed by atoms with E-state index in [2.05, 4.69) is 15.7 Å². The molecule has 0 radical (unpaired) electrons. The molecule has 1 saturated carbocycles. The van der Waals surface area contributed by atoms with Crippen LogP contribution in [0.4, 0.5) is 10.5 Å². The molecule has 3 N–H and O–H groups in total. The molecule has 36 heavy (non-hydrogen) atoms. The molecule has 0 saturated heterocycles. The summed E-state index contributed by atoms with van der Waals surface area (Å²) in [5, 5.41) is 19.4. The van der Waals surface area contributed by atoms with Gasteiger partial charge in [0.05, 0.1) is 11.4 Å². The number of carbonyl (C=O) groups excluding carboxylic acids is 2. The molecule has 0 aliphatic heterocycles. The molecule has 3 aromatic rings. The zero-order valence-electron chi connectivity index (χ0n) is 20.5. The normalized spacial score (nSPS) is 14.5. The highest BCUT2D eigenvalue weighted by Crippen LogP contribution is 2.34. The standard InChI is InChI=1S/C27H30N4O5/c1-16-23(29-27(35)36-17(2)19-7-5-4-6-8-19)24(30-31(16)3)20-11-13-21(14-12-20)25(32)28-22(26(33)34)15-18-9-10-18/h4-8,11-14,17-18,22H,9-10,15H2,1-3H3,(H,28,32)(H,29,35)(H,33,34). The number of aromatic nitrogens is 2. The van der Waals surface area contributed by atoms with Crippen molar-refractivity contribution in [2.45, 2.75) is 45.3 Å². The minimum absolute atomic E-state index is 0.346. The second-order valence-electron chi connectivity index (χ2n) is 9.14. The van der Waals surface area contributed by atoms with Gasteiger partial charge in [-0.25, -0.2) is 9.59 Å². The second kappa shape index (κ2) is 10.6. The van der Waals surface area contributed by atoms with Crippen molar-refractivity contribution in [2.24, 2.45) is 13.0 Å². The van der Waals surface area contributed by atoms with E-state index in [1.807, 2.05) is 37.3 Å². The minimum Gasteiger partial charge on any atom is -0.480 e. The first kappa shape index (κ1) is 25.0. The van der Waals surface area contributed by atoms with Crippen LogP contribution in [0, 0.1) is 12.8 Å². The Morgan fingerprint density at radius 3 is 2.39 bits per heavy atom. The number of nitrogens with zero attached hydrogens (tertiary/aromatic N) is 2. The van der Waals surface area contributed by atoms with E-state index in [0.29, 0.717) is 34.8 Å². The van der Waals surface area contributed by atoms with Gasteiger partial charge in [-0.15, -0.1) is 0 Å². The van der Waals surface area contributed by atoms with Gasteiger partial charge in [-0.05, 0) is 43.9 Å². The molecule has 2 atom stereocenters. The van der Waals surface area contributed by atoms with Crippen molar-refractivity contribution >= 4 is 23.7 Å². The number of aliphatic carboxylic acids is 1. The molecule has 1 aromatic heterocycles. The van der Waals surface area contributed by atoms with Crippen LogP contribution >= 0.6 is 0 Å². The van der Waals surface area contributed by atoms with Gasteiger partial charge in [0, 0.05) is 18.2 Å². The fourth-order valence-corrected chi connectivity index (χ4v) is 3.97. The Labute approximate surface area is 209 Å².